The van der Waals surface area contributed by atoms with Crippen LogP contribution in [-0.2, 0) is 9.53 Å². The number of anilines is 1. The van der Waals surface area contributed by atoms with E-state index in [0.717, 1.165) is 11.1 Å². The summed E-state index contributed by atoms with van der Waals surface area (Å²) in [6.07, 6.45) is 3.00. The van der Waals surface area contributed by atoms with E-state index < -0.39 is 0 Å². The molecule has 14 heavy (non-hydrogen) atoms. The number of esters is 1. The van der Waals surface area contributed by atoms with Gasteiger partial charge in [0.1, 0.15) is 0 Å². The Balaban J connectivity index is 2.90. The molecule has 0 saturated heterocycles. The predicted molar refractivity (Wildman–Crippen MR) is 56.6 cm³/mol. The first-order valence-electron chi connectivity index (χ1n) is 4.25. The van der Waals surface area contributed by atoms with Gasteiger partial charge in [0.25, 0.3) is 0 Å². The molecule has 0 amide bonds. The molecule has 1 rings (SSSR count). The number of carbonyl (C=O) groups excluding carboxylic acids is 1. The fourth-order valence-corrected chi connectivity index (χ4v) is 1.06. The number of nitrogen functional groups attached to an aromatic ring is 1. The van der Waals surface area contributed by atoms with Crippen LogP contribution < -0.4 is 5.73 Å². The van der Waals surface area contributed by atoms with Crippen LogP contribution in [0.25, 0.3) is 6.08 Å². The molecule has 0 heterocycles. The molecule has 0 fully saturated rings. The molecule has 0 atom stereocenters. The van der Waals surface area contributed by atoms with E-state index in [1.807, 2.05) is 25.1 Å². The lowest BCUT2D eigenvalue weighted by Gasteiger charge is -2.00. The van der Waals surface area contributed by atoms with Crippen LogP contribution in [0.1, 0.15) is 11.1 Å². The summed E-state index contributed by atoms with van der Waals surface area (Å²) in [6.45, 7) is 1.97. The molecule has 74 valence electrons. The van der Waals surface area contributed by atoms with Crippen LogP contribution in [0.15, 0.2) is 24.3 Å². The molecule has 0 aliphatic heterocycles. The lowest BCUT2D eigenvalue weighted by atomic mass is 10.1. The quantitative estimate of drug-likeness (QED) is 0.440. The molecule has 1 aromatic carbocycles. The second-order valence-electron chi connectivity index (χ2n) is 2.99. The number of aryl methyl sites for hydroxylation is 1. The van der Waals surface area contributed by atoms with Gasteiger partial charge >= 0.3 is 5.97 Å². The zero-order valence-electron chi connectivity index (χ0n) is 8.28. The van der Waals surface area contributed by atoms with Gasteiger partial charge < -0.3 is 10.5 Å². The third kappa shape index (κ3) is 2.62. The smallest absolute Gasteiger partial charge is 0.330 e. The monoisotopic (exact) mass is 191 g/mol. The van der Waals surface area contributed by atoms with E-state index >= 15 is 0 Å². The molecule has 0 unspecified atom stereocenters. The first-order chi connectivity index (χ1) is 6.63. The fourth-order valence-electron chi connectivity index (χ4n) is 1.06. The van der Waals surface area contributed by atoms with E-state index in [2.05, 4.69) is 4.74 Å². The van der Waals surface area contributed by atoms with Crippen molar-refractivity contribution in [2.45, 2.75) is 6.92 Å². The van der Waals surface area contributed by atoms with Crippen molar-refractivity contribution in [3.8, 4) is 0 Å². The lowest BCUT2D eigenvalue weighted by molar-refractivity contribution is -0.134. The van der Waals surface area contributed by atoms with E-state index in [1.54, 1.807) is 6.08 Å². The standard InChI is InChI=1S/C11H13NO2/c1-8-3-5-10(12)9(7-8)4-6-11(13)14-2/h3-7H,12H2,1-2H3/b6-4+. The van der Waals surface area contributed by atoms with Gasteiger partial charge in [0, 0.05) is 11.8 Å². The third-order valence-corrected chi connectivity index (χ3v) is 1.84. The number of benzene rings is 1. The summed E-state index contributed by atoms with van der Waals surface area (Å²) in [5.74, 6) is -0.383. The summed E-state index contributed by atoms with van der Waals surface area (Å²) in [6, 6.07) is 5.64. The van der Waals surface area contributed by atoms with Gasteiger partial charge in [-0.2, -0.15) is 0 Å². The maximum Gasteiger partial charge on any atom is 0.330 e. The molecular weight excluding hydrogens is 178 g/mol. The summed E-state index contributed by atoms with van der Waals surface area (Å²) in [7, 11) is 1.34. The van der Waals surface area contributed by atoms with Crippen LogP contribution in [-0.4, -0.2) is 13.1 Å². The van der Waals surface area contributed by atoms with Crippen molar-refractivity contribution in [1.82, 2.24) is 0 Å². The van der Waals surface area contributed by atoms with E-state index in [9.17, 15) is 4.79 Å². The molecule has 0 saturated carbocycles. The van der Waals surface area contributed by atoms with Crippen LogP contribution in [0, 0.1) is 6.92 Å². The normalized spacial score (nSPS) is 10.4. The zero-order chi connectivity index (χ0) is 10.6. The Morgan fingerprint density at radius 3 is 2.86 bits per heavy atom. The summed E-state index contributed by atoms with van der Waals surface area (Å²) < 4.78 is 4.48. The molecule has 0 aliphatic carbocycles. The molecule has 3 nitrogen and oxygen atoms in total. The van der Waals surface area contributed by atoms with E-state index in [0.29, 0.717) is 5.69 Å². The lowest BCUT2D eigenvalue weighted by Crippen LogP contribution is -1.94. The van der Waals surface area contributed by atoms with Crippen molar-refractivity contribution in [2.75, 3.05) is 12.8 Å². The predicted octanol–water partition coefficient (Wildman–Crippen LogP) is 1.76. The Kier molecular flexibility index (Phi) is 3.29. The zero-order valence-corrected chi connectivity index (χ0v) is 8.28. The highest BCUT2D eigenvalue weighted by Gasteiger charge is 1.96. The van der Waals surface area contributed by atoms with Crippen molar-refractivity contribution >= 4 is 17.7 Å². The average molecular weight is 191 g/mol. The average Bonchev–Trinajstić information content (AvgIpc) is 2.19. The minimum absolute atomic E-state index is 0.383. The molecule has 1 aromatic rings. The van der Waals surface area contributed by atoms with Gasteiger partial charge in [-0.25, -0.2) is 4.79 Å². The first kappa shape index (κ1) is 10.3. The van der Waals surface area contributed by atoms with Crippen molar-refractivity contribution in [1.29, 1.82) is 0 Å². The number of hydrogen-bond donors (Lipinski definition) is 1. The molecule has 0 aromatic heterocycles. The Labute approximate surface area is 83.2 Å². The second-order valence-corrected chi connectivity index (χ2v) is 2.99. The van der Waals surface area contributed by atoms with Gasteiger partial charge in [0.05, 0.1) is 7.11 Å². The third-order valence-electron chi connectivity index (χ3n) is 1.84. The van der Waals surface area contributed by atoms with Crippen molar-refractivity contribution < 1.29 is 9.53 Å². The van der Waals surface area contributed by atoms with Gasteiger partial charge in [0.2, 0.25) is 0 Å². The van der Waals surface area contributed by atoms with Gasteiger partial charge in [-0.15, -0.1) is 0 Å². The van der Waals surface area contributed by atoms with Crippen LogP contribution in [0.4, 0.5) is 5.69 Å². The number of ether oxygens (including phenoxy) is 1. The number of carbonyl (C=O) groups is 1. The highest BCUT2D eigenvalue weighted by Crippen LogP contribution is 2.15. The van der Waals surface area contributed by atoms with Gasteiger partial charge in [0.15, 0.2) is 0 Å². The van der Waals surface area contributed by atoms with Crippen LogP contribution in [0.5, 0.6) is 0 Å². The van der Waals surface area contributed by atoms with Crippen molar-refractivity contribution in [2.24, 2.45) is 0 Å². The fraction of sp³-hybridized carbons (Fsp3) is 0.182. The number of methoxy groups -OCH3 is 1. The summed E-state index contributed by atoms with van der Waals surface area (Å²) in [5.41, 5.74) is 8.29. The molecule has 2 N–H and O–H groups in total. The molecular formula is C11H13NO2. The Hall–Kier alpha value is -1.77. The number of hydrogen-bond acceptors (Lipinski definition) is 3. The van der Waals surface area contributed by atoms with Crippen LogP contribution in [0.3, 0.4) is 0 Å². The molecule has 3 heteroatoms. The second kappa shape index (κ2) is 4.46. The Bertz CT molecular complexity index is 370. The minimum atomic E-state index is -0.383. The minimum Gasteiger partial charge on any atom is -0.466 e. The van der Waals surface area contributed by atoms with Gasteiger partial charge in [-0.1, -0.05) is 11.6 Å². The van der Waals surface area contributed by atoms with Crippen LogP contribution in [0.2, 0.25) is 0 Å². The summed E-state index contributed by atoms with van der Waals surface area (Å²) >= 11 is 0. The largest absolute Gasteiger partial charge is 0.466 e. The van der Waals surface area contributed by atoms with Crippen molar-refractivity contribution in [3.63, 3.8) is 0 Å². The molecule has 0 radical (unpaired) electrons. The summed E-state index contributed by atoms with van der Waals surface area (Å²) in [4.78, 5) is 10.8. The first-order valence-corrected chi connectivity index (χ1v) is 4.25. The van der Waals surface area contributed by atoms with Gasteiger partial charge in [-0.3, -0.25) is 0 Å². The Morgan fingerprint density at radius 2 is 2.21 bits per heavy atom. The Morgan fingerprint density at radius 1 is 1.50 bits per heavy atom. The van der Waals surface area contributed by atoms with E-state index in [-0.39, 0.29) is 5.97 Å². The van der Waals surface area contributed by atoms with E-state index in [4.69, 9.17) is 5.73 Å². The maximum atomic E-state index is 10.8. The highest BCUT2D eigenvalue weighted by atomic mass is 16.5. The SMILES string of the molecule is COC(=O)/C=C/c1cc(C)ccc1N. The number of nitrogens with two attached hydrogens (primary N) is 1. The topological polar surface area (TPSA) is 52.3 Å². The van der Waals surface area contributed by atoms with E-state index in [1.165, 1.54) is 13.2 Å². The van der Waals surface area contributed by atoms with Crippen molar-refractivity contribution in [3.05, 3.63) is 35.4 Å². The highest BCUT2D eigenvalue weighted by molar-refractivity contribution is 5.88. The molecule has 0 bridgehead atoms. The maximum absolute atomic E-state index is 10.8. The number of rotatable bonds is 2. The molecule has 0 aliphatic rings. The summed E-state index contributed by atoms with van der Waals surface area (Å²) in [5, 5.41) is 0. The molecule has 0 spiro atoms. The van der Waals surface area contributed by atoms with Crippen LogP contribution >= 0.6 is 0 Å². The van der Waals surface area contributed by atoms with Gasteiger partial charge in [-0.05, 0) is 30.7 Å².